The second-order valence-corrected chi connectivity index (χ2v) is 6.29. The molecule has 1 aliphatic heterocycles. The van der Waals surface area contributed by atoms with Gasteiger partial charge in [0.05, 0.1) is 13.2 Å². The maximum Gasteiger partial charge on any atom is 0.123 e. The van der Waals surface area contributed by atoms with Gasteiger partial charge in [-0.2, -0.15) is 0 Å². The van der Waals surface area contributed by atoms with Crippen molar-refractivity contribution in [2.45, 2.75) is 19.9 Å². The minimum absolute atomic E-state index is 0.244. The van der Waals surface area contributed by atoms with Gasteiger partial charge in [0, 0.05) is 31.7 Å². The summed E-state index contributed by atoms with van der Waals surface area (Å²) in [5.74, 6) is 0.969. The minimum atomic E-state index is 0.244. The Kier molecular flexibility index (Phi) is 4.99. The van der Waals surface area contributed by atoms with Gasteiger partial charge in [0.1, 0.15) is 5.75 Å². The summed E-state index contributed by atoms with van der Waals surface area (Å²) in [6.45, 7) is 8.55. The second-order valence-electron chi connectivity index (χ2n) is 6.29. The molecule has 1 atom stereocenters. The van der Waals surface area contributed by atoms with E-state index in [4.69, 9.17) is 4.74 Å². The van der Waals surface area contributed by atoms with Crippen molar-refractivity contribution in [2.24, 2.45) is 0 Å². The van der Waals surface area contributed by atoms with Crippen LogP contribution >= 0.6 is 0 Å². The number of hydrogen-bond donors (Lipinski definition) is 1. The van der Waals surface area contributed by atoms with E-state index in [9.17, 15) is 0 Å². The lowest BCUT2D eigenvalue weighted by atomic mass is 9.91. The first-order valence-corrected chi connectivity index (χ1v) is 8.35. The van der Waals surface area contributed by atoms with E-state index in [0.29, 0.717) is 0 Å². The van der Waals surface area contributed by atoms with Crippen LogP contribution in [-0.4, -0.2) is 38.2 Å². The van der Waals surface area contributed by atoms with Crippen LogP contribution in [0.15, 0.2) is 42.5 Å². The van der Waals surface area contributed by atoms with Crippen LogP contribution in [0.3, 0.4) is 0 Å². The molecule has 1 N–H and O–H groups in total. The quantitative estimate of drug-likeness (QED) is 0.938. The summed E-state index contributed by atoms with van der Waals surface area (Å²) < 4.78 is 5.66. The minimum Gasteiger partial charge on any atom is -0.496 e. The third kappa shape index (κ3) is 3.41. The third-order valence-electron chi connectivity index (χ3n) is 4.67. The summed E-state index contributed by atoms with van der Waals surface area (Å²) >= 11 is 0. The van der Waals surface area contributed by atoms with Crippen molar-refractivity contribution < 1.29 is 4.74 Å². The Morgan fingerprint density at radius 3 is 2.43 bits per heavy atom. The monoisotopic (exact) mass is 310 g/mol. The van der Waals surface area contributed by atoms with Gasteiger partial charge in [-0.05, 0) is 31.0 Å². The molecular weight excluding hydrogens is 284 g/mol. The molecule has 0 aromatic heterocycles. The highest BCUT2D eigenvalue weighted by Gasteiger charge is 2.27. The molecule has 0 radical (unpaired) electrons. The Morgan fingerprint density at radius 1 is 1.00 bits per heavy atom. The van der Waals surface area contributed by atoms with Crippen molar-refractivity contribution in [2.75, 3.05) is 33.3 Å². The van der Waals surface area contributed by atoms with Gasteiger partial charge in [-0.15, -0.1) is 0 Å². The largest absolute Gasteiger partial charge is 0.496 e. The van der Waals surface area contributed by atoms with Crippen LogP contribution in [0, 0.1) is 13.8 Å². The van der Waals surface area contributed by atoms with Crippen molar-refractivity contribution in [1.82, 2.24) is 10.2 Å². The van der Waals surface area contributed by atoms with Crippen molar-refractivity contribution >= 4 is 0 Å². The Bertz CT molecular complexity index is 662. The fourth-order valence-corrected chi connectivity index (χ4v) is 3.53. The molecule has 1 heterocycles. The highest BCUT2D eigenvalue weighted by atomic mass is 16.5. The number of benzene rings is 2. The molecule has 1 unspecified atom stereocenters. The number of hydrogen-bond acceptors (Lipinski definition) is 3. The summed E-state index contributed by atoms with van der Waals surface area (Å²) in [4.78, 5) is 2.56. The second kappa shape index (κ2) is 7.16. The molecule has 3 nitrogen and oxygen atoms in total. The van der Waals surface area contributed by atoms with Crippen LogP contribution in [0.5, 0.6) is 5.75 Å². The Labute approximate surface area is 139 Å². The summed E-state index contributed by atoms with van der Waals surface area (Å²) in [7, 11) is 1.76. The average Bonchev–Trinajstić information content (AvgIpc) is 2.58. The predicted octanol–water partition coefficient (Wildman–Crippen LogP) is 3.31. The van der Waals surface area contributed by atoms with E-state index >= 15 is 0 Å². The fourth-order valence-electron chi connectivity index (χ4n) is 3.53. The van der Waals surface area contributed by atoms with E-state index in [0.717, 1.165) is 31.9 Å². The zero-order chi connectivity index (χ0) is 16.2. The number of ether oxygens (including phenoxy) is 1. The number of nitrogens with one attached hydrogen (secondary N) is 1. The highest BCUT2D eigenvalue weighted by Crippen LogP contribution is 2.36. The normalized spacial score (nSPS) is 17.0. The highest BCUT2D eigenvalue weighted by molar-refractivity contribution is 5.45. The van der Waals surface area contributed by atoms with Crippen LogP contribution in [0.1, 0.15) is 28.3 Å². The Balaban J connectivity index is 2.09. The van der Waals surface area contributed by atoms with Crippen LogP contribution < -0.4 is 10.1 Å². The molecule has 1 fully saturated rings. The number of para-hydroxylation sites is 1. The standard InChI is InChI=1S/C20H26N2O/c1-15-8-9-17(16(2)14-15)20(22-12-10-21-11-13-22)18-6-4-5-7-19(18)23-3/h4-9,14,20-21H,10-13H2,1-3H3. The molecule has 122 valence electrons. The predicted molar refractivity (Wildman–Crippen MR) is 95.2 cm³/mol. The number of rotatable bonds is 4. The molecule has 0 aliphatic carbocycles. The van der Waals surface area contributed by atoms with Gasteiger partial charge in [0.25, 0.3) is 0 Å². The van der Waals surface area contributed by atoms with E-state index in [-0.39, 0.29) is 6.04 Å². The number of piperazine rings is 1. The molecule has 0 amide bonds. The first-order valence-electron chi connectivity index (χ1n) is 8.35. The van der Waals surface area contributed by atoms with Gasteiger partial charge in [0.15, 0.2) is 0 Å². The zero-order valence-electron chi connectivity index (χ0n) is 14.3. The number of nitrogens with zero attached hydrogens (tertiary/aromatic N) is 1. The molecule has 0 saturated carbocycles. The van der Waals surface area contributed by atoms with Crippen molar-refractivity contribution in [3.05, 3.63) is 64.7 Å². The van der Waals surface area contributed by atoms with Crippen molar-refractivity contribution in [3.8, 4) is 5.75 Å². The lowest BCUT2D eigenvalue weighted by Crippen LogP contribution is -2.45. The van der Waals surface area contributed by atoms with Gasteiger partial charge >= 0.3 is 0 Å². The Hall–Kier alpha value is -1.84. The smallest absolute Gasteiger partial charge is 0.123 e. The molecule has 0 spiro atoms. The molecule has 1 saturated heterocycles. The van der Waals surface area contributed by atoms with Gasteiger partial charge in [0.2, 0.25) is 0 Å². The molecule has 2 aromatic carbocycles. The van der Waals surface area contributed by atoms with Gasteiger partial charge in [-0.1, -0.05) is 42.0 Å². The van der Waals surface area contributed by atoms with E-state index in [1.165, 1.54) is 22.3 Å². The maximum atomic E-state index is 5.66. The lowest BCUT2D eigenvalue weighted by molar-refractivity contribution is 0.195. The van der Waals surface area contributed by atoms with E-state index in [2.05, 4.69) is 60.5 Å². The Morgan fingerprint density at radius 2 is 1.74 bits per heavy atom. The topological polar surface area (TPSA) is 24.5 Å². The fraction of sp³-hybridized carbons (Fsp3) is 0.400. The lowest BCUT2D eigenvalue weighted by Gasteiger charge is -2.36. The average molecular weight is 310 g/mol. The molecular formula is C20H26N2O. The van der Waals surface area contributed by atoms with E-state index in [1.54, 1.807) is 7.11 Å². The molecule has 0 bridgehead atoms. The molecule has 3 rings (SSSR count). The number of aryl methyl sites for hydroxylation is 2. The van der Waals surface area contributed by atoms with Crippen LogP contribution in [-0.2, 0) is 0 Å². The van der Waals surface area contributed by atoms with E-state index < -0.39 is 0 Å². The maximum absolute atomic E-state index is 5.66. The first kappa shape index (κ1) is 16.0. The summed E-state index contributed by atoms with van der Waals surface area (Å²) in [5.41, 5.74) is 5.29. The molecule has 23 heavy (non-hydrogen) atoms. The van der Waals surface area contributed by atoms with Gasteiger partial charge in [-0.3, -0.25) is 4.90 Å². The first-order chi connectivity index (χ1) is 11.2. The molecule has 1 aliphatic rings. The van der Waals surface area contributed by atoms with Crippen molar-refractivity contribution in [1.29, 1.82) is 0 Å². The van der Waals surface area contributed by atoms with Gasteiger partial charge < -0.3 is 10.1 Å². The van der Waals surface area contributed by atoms with Crippen molar-refractivity contribution in [3.63, 3.8) is 0 Å². The summed E-state index contributed by atoms with van der Waals surface area (Å²) in [5, 5.41) is 3.45. The summed E-state index contributed by atoms with van der Waals surface area (Å²) in [6.07, 6.45) is 0. The van der Waals surface area contributed by atoms with E-state index in [1.807, 2.05) is 6.07 Å². The number of methoxy groups -OCH3 is 1. The zero-order valence-corrected chi connectivity index (χ0v) is 14.3. The molecule has 2 aromatic rings. The molecule has 3 heteroatoms. The van der Waals surface area contributed by atoms with Crippen LogP contribution in [0.4, 0.5) is 0 Å². The summed E-state index contributed by atoms with van der Waals surface area (Å²) in [6, 6.07) is 15.4. The van der Waals surface area contributed by atoms with Crippen LogP contribution in [0.25, 0.3) is 0 Å². The van der Waals surface area contributed by atoms with Crippen LogP contribution in [0.2, 0.25) is 0 Å². The van der Waals surface area contributed by atoms with Gasteiger partial charge in [-0.25, -0.2) is 0 Å². The SMILES string of the molecule is COc1ccccc1C(c1ccc(C)cc1C)N1CCNCC1. The third-order valence-corrected chi connectivity index (χ3v) is 4.67.